The van der Waals surface area contributed by atoms with Gasteiger partial charge in [0.25, 0.3) is 0 Å². The van der Waals surface area contributed by atoms with E-state index >= 15 is 0 Å². The number of aryl methyl sites for hydroxylation is 1. The summed E-state index contributed by atoms with van der Waals surface area (Å²) in [5.74, 6) is -0.0579. The maximum Gasteiger partial charge on any atom is 0.373 e. The molecule has 80 valence electrons. The highest BCUT2D eigenvalue weighted by Gasteiger charge is 2.15. The topological polar surface area (TPSA) is 35.5 Å². The van der Waals surface area contributed by atoms with Crippen LogP contribution in [-0.4, -0.2) is 19.7 Å². The number of hydrogen-bond donors (Lipinski definition) is 0. The molecule has 1 aliphatic heterocycles. The number of carbonyl (C=O) groups is 1. The molecule has 0 bridgehead atoms. The van der Waals surface area contributed by atoms with Gasteiger partial charge in [-0.1, -0.05) is 35.9 Å². The molecule has 1 aromatic rings. The molecule has 0 fully saturated rings. The van der Waals surface area contributed by atoms with Gasteiger partial charge in [0.15, 0.2) is 0 Å². The smallest absolute Gasteiger partial charge is 0.373 e. The number of esters is 1. The van der Waals surface area contributed by atoms with Crippen LogP contribution in [-0.2, 0) is 14.3 Å². The van der Waals surface area contributed by atoms with E-state index < -0.39 is 0 Å². The molecule has 3 nitrogen and oxygen atoms in total. The minimum absolute atomic E-state index is 0.310. The second kappa shape index (κ2) is 5.86. The Hall–Kier alpha value is -1.77. The van der Waals surface area contributed by atoms with Gasteiger partial charge in [0, 0.05) is 6.08 Å². The Labute approximate surface area is 89.3 Å². The number of methoxy groups -OCH3 is 1. The van der Waals surface area contributed by atoms with Crippen LogP contribution < -0.4 is 0 Å². The van der Waals surface area contributed by atoms with Crippen molar-refractivity contribution >= 4 is 5.97 Å². The average molecular weight is 206 g/mol. The summed E-state index contributed by atoms with van der Waals surface area (Å²) >= 11 is 0. The average Bonchev–Trinajstić information content (AvgIpc) is 2.66. The Bertz CT molecular complexity index is 341. The molecular formula is C12H14O3. The third-order valence-corrected chi connectivity index (χ3v) is 1.84. The van der Waals surface area contributed by atoms with Crippen molar-refractivity contribution in [3.63, 3.8) is 0 Å². The molecule has 0 radical (unpaired) electrons. The summed E-state index contributed by atoms with van der Waals surface area (Å²) in [4.78, 5) is 10.4. The van der Waals surface area contributed by atoms with Crippen LogP contribution in [0.4, 0.5) is 0 Å². The number of hydrogen-bond acceptors (Lipinski definition) is 3. The van der Waals surface area contributed by atoms with E-state index in [2.05, 4.69) is 28.5 Å². The maximum atomic E-state index is 10.4. The first kappa shape index (κ1) is 11.3. The fraction of sp³-hybridized carbons (Fsp3) is 0.250. The lowest BCUT2D eigenvalue weighted by Crippen LogP contribution is -1.99. The van der Waals surface area contributed by atoms with Crippen LogP contribution in [0.3, 0.4) is 0 Å². The maximum absolute atomic E-state index is 10.4. The molecule has 0 amide bonds. The SMILES string of the molecule is COC1=CCOC1=O.Cc1ccccc1. The summed E-state index contributed by atoms with van der Waals surface area (Å²) in [6.45, 7) is 2.43. The summed E-state index contributed by atoms with van der Waals surface area (Å²) in [5.41, 5.74) is 1.32. The van der Waals surface area contributed by atoms with Gasteiger partial charge in [-0.25, -0.2) is 4.79 Å². The zero-order valence-electron chi connectivity index (χ0n) is 8.90. The highest BCUT2D eigenvalue weighted by molar-refractivity contribution is 5.88. The van der Waals surface area contributed by atoms with Crippen molar-refractivity contribution in [1.29, 1.82) is 0 Å². The number of cyclic esters (lactones) is 1. The number of benzene rings is 1. The standard InChI is InChI=1S/C7H8.C5H6O3/c1-7-5-3-2-4-6-7;1-7-4-2-3-8-5(4)6/h2-6H,1H3;2H,3H2,1H3. The molecular weight excluding hydrogens is 192 g/mol. The normalized spacial score (nSPS) is 13.5. The van der Waals surface area contributed by atoms with E-state index in [1.807, 2.05) is 18.2 Å². The second-order valence-corrected chi connectivity index (χ2v) is 3.03. The third kappa shape index (κ3) is 3.85. The highest BCUT2D eigenvalue weighted by atomic mass is 16.6. The number of carbonyl (C=O) groups excluding carboxylic acids is 1. The number of rotatable bonds is 1. The van der Waals surface area contributed by atoms with Crippen molar-refractivity contribution in [1.82, 2.24) is 0 Å². The summed E-state index contributed by atoms with van der Waals surface area (Å²) in [5, 5.41) is 0. The van der Waals surface area contributed by atoms with E-state index in [1.165, 1.54) is 12.7 Å². The molecule has 1 heterocycles. The van der Waals surface area contributed by atoms with Gasteiger partial charge in [0.05, 0.1) is 7.11 Å². The Morgan fingerprint density at radius 1 is 1.27 bits per heavy atom. The quantitative estimate of drug-likeness (QED) is 0.660. The van der Waals surface area contributed by atoms with Gasteiger partial charge >= 0.3 is 5.97 Å². The largest absolute Gasteiger partial charge is 0.490 e. The first-order chi connectivity index (χ1) is 7.24. The van der Waals surface area contributed by atoms with Crippen molar-refractivity contribution in [2.24, 2.45) is 0 Å². The summed E-state index contributed by atoms with van der Waals surface area (Å²) in [6.07, 6.45) is 1.60. The van der Waals surface area contributed by atoms with Crippen LogP contribution in [0.2, 0.25) is 0 Å². The molecule has 0 saturated carbocycles. The van der Waals surface area contributed by atoms with E-state index in [0.717, 1.165) is 0 Å². The van der Waals surface area contributed by atoms with Gasteiger partial charge in [0.1, 0.15) is 6.61 Å². The van der Waals surface area contributed by atoms with Crippen molar-refractivity contribution < 1.29 is 14.3 Å². The summed E-state index contributed by atoms with van der Waals surface area (Å²) in [6, 6.07) is 10.3. The van der Waals surface area contributed by atoms with Gasteiger partial charge in [-0.05, 0) is 6.92 Å². The zero-order chi connectivity index (χ0) is 11.1. The van der Waals surface area contributed by atoms with Gasteiger partial charge in [-0.2, -0.15) is 0 Å². The van der Waals surface area contributed by atoms with Crippen LogP contribution in [0, 0.1) is 6.92 Å². The molecule has 1 aliphatic rings. The van der Waals surface area contributed by atoms with E-state index in [0.29, 0.717) is 12.4 Å². The molecule has 0 N–H and O–H groups in total. The van der Waals surface area contributed by atoms with Crippen molar-refractivity contribution in [2.75, 3.05) is 13.7 Å². The van der Waals surface area contributed by atoms with Crippen LogP contribution in [0.25, 0.3) is 0 Å². The first-order valence-electron chi connectivity index (χ1n) is 4.67. The van der Waals surface area contributed by atoms with Crippen LogP contribution in [0.5, 0.6) is 0 Å². The molecule has 0 aliphatic carbocycles. The molecule has 0 spiro atoms. The molecule has 2 rings (SSSR count). The van der Waals surface area contributed by atoms with E-state index in [4.69, 9.17) is 0 Å². The molecule has 0 unspecified atom stereocenters. The van der Waals surface area contributed by atoms with Gasteiger partial charge < -0.3 is 9.47 Å². The van der Waals surface area contributed by atoms with Gasteiger partial charge in [-0.3, -0.25) is 0 Å². The Kier molecular flexibility index (Phi) is 4.41. The van der Waals surface area contributed by atoms with Crippen molar-refractivity contribution in [2.45, 2.75) is 6.92 Å². The van der Waals surface area contributed by atoms with Gasteiger partial charge in [-0.15, -0.1) is 0 Å². The Morgan fingerprint density at radius 2 is 1.93 bits per heavy atom. The Balaban J connectivity index is 0.000000151. The van der Waals surface area contributed by atoms with Crippen LogP contribution in [0.1, 0.15) is 5.56 Å². The lowest BCUT2D eigenvalue weighted by atomic mass is 10.2. The minimum atomic E-state index is -0.368. The molecule has 0 aromatic heterocycles. The van der Waals surface area contributed by atoms with Crippen molar-refractivity contribution in [3.8, 4) is 0 Å². The van der Waals surface area contributed by atoms with Gasteiger partial charge in [0.2, 0.25) is 5.76 Å². The van der Waals surface area contributed by atoms with Crippen molar-refractivity contribution in [3.05, 3.63) is 47.7 Å². The molecule has 3 heteroatoms. The van der Waals surface area contributed by atoms with Crippen LogP contribution >= 0.6 is 0 Å². The molecule has 0 saturated heterocycles. The molecule has 1 aromatic carbocycles. The highest BCUT2D eigenvalue weighted by Crippen LogP contribution is 2.05. The predicted octanol–water partition coefficient (Wildman–Crippen LogP) is 2.07. The fourth-order valence-electron chi connectivity index (χ4n) is 1.05. The van der Waals surface area contributed by atoms with E-state index in [1.54, 1.807) is 6.08 Å². The summed E-state index contributed by atoms with van der Waals surface area (Å²) < 4.78 is 9.11. The van der Waals surface area contributed by atoms with Crippen LogP contribution in [0.15, 0.2) is 42.2 Å². The predicted molar refractivity (Wildman–Crippen MR) is 57.2 cm³/mol. The zero-order valence-corrected chi connectivity index (χ0v) is 8.90. The number of ether oxygens (including phenoxy) is 2. The lowest BCUT2D eigenvalue weighted by Gasteiger charge is -1.92. The second-order valence-electron chi connectivity index (χ2n) is 3.03. The molecule has 0 atom stereocenters. The fourth-order valence-corrected chi connectivity index (χ4v) is 1.05. The van der Waals surface area contributed by atoms with E-state index in [-0.39, 0.29) is 5.97 Å². The third-order valence-electron chi connectivity index (χ3n) is 1.84. The minimum Gasteiger partial charge on any atom is -0.490 e. The monoisotopic (exact) mass is 206 g/mol. The summed E-state index contributed by atoms with van der Waals surface area (Å²) in [7, 11) is 1.44. The first-order valence-corrected chi connectivity index (χ1v) is 4.67. The lowest BCUT2D eigenvalue weighted by molar-refractivity contribution is -0.138. The molecule has 15 heavy (non-hydrogen) atoms. The van der Waals surface area contributed by atoms with E-state index in [9.17, 15) is 4.79 Å². The Morgan fingerprint density at radius 3 is 2.20 bits per heavy atom.